The molecule has 1 radical (unpaired) electrons. The Hall–Kier alpha value is 0.0500. The van der Waals surface area contributed by atoms with Gasteiger partial charge in [0.1, 0.15) is 0 Å². The Labute approximate surface area is 54.8 Å². The highest BCUT2D eigenvalue weighted by Gasteiger charge is 1.85. The van der Waals surface area contributed by atoms with E-state index in [0.29, 0.717) is 5.75 Å². The summed E-state index contributed by atoms with van der Waals surface area (Å²) in [4.78, 5) is 0. The lowest BCUT2D eigenvalue weighted by Gasteiger charge is -1.94. The maximum absolute atomic E-state index is 9.86. The van der Waals surface area contributed by atoms with Gasteiger partial charge in [0.05, 0.1) is 6.61 Å². The van der Waals surface area contributed by atoms with E-state index in [4.69, 9.17) is 0 Å². The highest BCUT2D eigenvalue weighted by Crippen LogP contribution is 2.03. The molecule has 0 saturated carbocycles. The first-order valence-electron chi connectivity index (χ1n) is 2.57. The third kappa shape index (κ3) is 6.05. The average molecular weight is 131 g/mol. The molecule has 0 bridgehead atoms. The molecule has 0 fully saturated rings. The molecule has 0 aromatic heterocycles. The predicted octanol–water partition coefficient (Wildman–Crippen LogP) is 1.73. The van der Waals surface area contributed by atoms with E-state index in [9.17, 15) is 5.11 Å². The molecule has 0 atom stereocenters. The van der Waals surface area contributed by atoms with Crippen LogP contribution in [0.25, 0.3) is 0 Å². The van der Waals surface area contributed by atoms with Crippen LogP contribution in [-0.4, -0.2) is 18.1 Å². The molecule has 0 aromatic carbocycles. The van der Waals surface area contributed by atoms with Crippen molar-refractivity contribution in [2.75, 3.05) is 18.1 Å². The minimum Gasteiger partial charge on any atom is -0.236 e. The molecule has 0 unspecified atom stereocenters. The smallest absolute Gasteiger partial charge is 0.0912 e. The minimum absolute atomic E-state index is 0.0257. The maximum Gasteiger partial charge on any atom is 0.0912 e. The van der Waals surface area contributed by atoms with Crippen molar-refractivity contribution >= 4 is 11.8 Å². The zero-order chi connectivity index (χ0) is 6.41. The van der Waals surface area contributed by atoms with E-state index in [0.717, 1.165) is 11.3 Å². The van der Waals surface area contributed by atoms with Crippen LogP contribution in [0.1, 0.15) is 6.92 Å². The van der Waals surface area contributed by atoms with Crippen LogP contribution in [0.2, 0.25) is 0 Å². The molecule has 1 nitrogen and oxygen atoms in total. The second kappa shape index (κ2) is 5.19. The third-order valence-electron chi connectivity index (χ3n) is 0.576. The van der Waals surface area contributed by atoms with E-state index in [1.54, 1.807) is 11.8 Å². The number of hydrogen-bond donors (Lipinski definition) is 0. The van der Waals surface area contributed by atoms with Crippen molar-refractivity contribution in [2.24, 2.45) is 0 Å². The Morgan fingerprint density at radius 3 is 2.75 bits per heavy atom. The monoisotopic (exact) mass is 131 g/mol. The van der Waals surface area contributed by atoms with E-state index in [2.05, 4.69) is 6.58 Å². The molecule has 0 saturated heterocycles. The molecule has 0 N–H and O–H groups in total. The van der Waals surface area contributed by atoms with E-state index in [1.165, 1.54) is 0 Å². The summed E-state index contributed by atoms with van der Waals surface area (Å²) in [6.07, 6.45) is 0. The van der Waals surface area contributed by atoms with Crippen LogP contribution >= 0.6 is 11.8 Å². The molecule has 0 rings (SSSR count). The molecule has 0 aromatic rings. The molecule has 47 valence electrons. The van der Waals surface area contributed by atoms with Gasteiger partial charge in [0.25, 0.3) is 0 Å². The summed E-state index contributed by atoms with van der Waals surface area (Å²) in [6, 6.07) is 0. The van der Waals surface area contributed by atoms with Gasteiger partial charge in [-0.1, -0.05) is 12.2 Å². The van der Waals surface area contributed by atoms with Crippen LogP contribution in [0.5, 0.6) is 0 Å². The zero-order valence-electron chi connectivity index (χ0n) is 5.14. The van der Waals surface area contributed by atoms with Gasteiger partial charge in [0.2, 0.25) is 0 Å². The lowest BCUT2D eigenvalue weighted by atomic mass is 10.4. The van der Waals surface area contributed by atoms with Crippen molar-refractivity contribution in [3.05, 3.63) is 12.2 Å². The molecule has 8 heavy (non-hydrogen) atoms. The first kappa shape index (κ1) is 8.05. The molecule has 0 aliphatic carbocycles. The van der Waals surface area contributed by atoms with Crippen LogP contribution in [-0.2, 0) is 5.11 Å². The van der Waals surface area contributed by atoms with Crippen LogP contribution in [0.15, 0.2) is 12.2 Å². The van der Waals surface area contributed by atoms with E-state index >= 15 is 0 Å². The van der Waals surface area contributed by atoms with Gasteiger partial charge in [0.15, 0.2) is 0 Å². The predicted molar refractivity (Wildman–Crippen MR) is 37.7 cm³/mol. The fourth-order valence-corrected chi connectivity index (χ4v) is 0.916. The fraction of sp³-hybridized carbons (Fsp3) is 0.667. The Kier molecular flexibility index (Phi) is 5.22. The standard InChI is InChI=1S/C6H11OS/c1-6(2)5-8-4-3-7/h1,3-5H2,2H3. The van der Waals surface area contributed by atoms with Crippen LogP contribution in [0.4, 0.5) is 0 Å². The summed E-state index contributed by atoms with van der Waals surface area (Å²) < 4.78 is 0. The van der Waals surface area contributed by atoms with Crippen molar-refractivity contribution in [2.45, 2.75) is 6.92 Å². The van der Waals surface area contributed by atoms with Crippen molar-refractivity contribution in [1.29, 1.82) is 0 Å². The van der Waals surface area contributed by atoms with Gasteiger partial charge in [-0.15, -0.1) is 0 Å². The summed E-state index contributed by atoms with van der Waals surface area (Å²) >= 11 is 1.65. The first-order chi connectivity index (χ1) is 3.77. The van der Waals surface area contributed by atoms with Gasteiger partial charge in [0, 0.05) is 11.5 Å². The highest BCUT2D eigenvalue weighted by molar-refractivity contribution is 7.99. The van der Waals surface area contributed by atoms with Gasteiger partial charge in [-0.25, -0.2) is 5.11 Å². The van der Waals surface area contributed by atoms with Crippen LogP contribution < -0.4 is 0 Å². The summed E-state index contributed by atoms with van der Waals surface area (Å²) in [5.41, 5.74) is 1.14. The minimum atomic E-state index is 0.0257. The van der Waals surface area contributed by atoms with Gasteiger partial charge >= 0.3 is 0 Å². The Bertz CT molecular complexity index is 70.9. The maximum atomic E-state index is 9.86. The largest absolute Gasteiger partial charge is 0.236 e. The second-order valence-electron chi connectivity index (χ2n) is 1.71. The van der Waals surface area contributed by atoms with E-state index < -0.39 is 0 Å². The normalized spacial score (nSPS) is 9.25. The molecule has 0 aliphatic rings. The van der Waals surface area contributed by atoms with Crippen molar-refractivity contribution in [3.8, 4) is 0 Å². The lowest BCUT2D eigenvalue weighted by molar-refractivity contribution is 0.215. The van der Waals surface area contributed by atoms with Crippen molar-refractivity contribution in [3.63, 3.8) is 0 Å². The number of hydrogen-bond acceptors (Lipinski definition) is 1. The molecular weight excluding hydrogens is 120 g/mol. The fourth-order valence-electron chi connectivity index (χ4n) is 0.305. The summed E-state index contributed by atoms with van der Waals surface area (Å²) in [6.45, 7) is 5.70. The topological polar surface area (TPSA) is 19.9 Å². The number of rotatable bonds is 4. The number of thioether (sulfide) groups is 1. The summed E-state index contributed by atoms with van der Waals surface area (Å²) in [5.74, 6) is 1.65. The van der Waals surface area contributed by atoms with Gasteiger partial charge in [-0.2, -0.15) is 11.8 Å². The summed E-state index contributed by atoms with van der Waals surface area (Å²) in [5, 5.41) is 9.86. The van der Waals surface area contributed by atoms with Crippen molar-refractivity contribution in [1.82, 2.24) is 0 Å². The molecular formula is C6H11OS. The van der Waals surface area contributed by atoms with Crippen LogP contribution in [0.3, 0.4) is 0 Å². The highest BCUT2D eigenvalue weighted by atomic mass is 32.2. The molecule has 2 heteroatoms. The SMILES string of the molecule is C=C(C)CSCC[O]. The van der Waals surface area contributed by atoms with E-state index in [-0.39, 0.29) is 6.61 Å². The molecule has 0 amide bonds. The quantitative estimate of drug-likeness (QED) is 0.420. The van der Waals surface area contributed by atoms with Crippen LogP contribution in [0, 0.1) is 0 Å². The second-order valence-corrected chi connectivity index (χ2v) is 2.82. The van der Waals surface area contributed by atoms with Gasteiger partial charge < -0.3 is 0 Å². The first-order valence-corrected chi connectivity index (χ1v) is 3.73. The average Bonchev–Trinajstić information content (AvgIpc) is 1.66. The Morgan fingerprint density at radius 1 is 1.75 bits per heavy atom. The van der Waals surface area contributed by atoms with Gasteiger partial charge in [-0.3, -0.25) is 0 Å². The molecule has 0 spiro atoms. The van der Waals surface area contributed by atoms with Gasteiger partial charge in [-0.05, 0) is 6.92 Å². The Morgan fingerprint density at radius 2 is 2.38 bits per heavy atom. The third-order valence-corrected chi connectivity index (χ3v) is 1.73. The lowest BCUT2D eigenvalue weighted by Crippen LogP contribution is -1.86. The zero-order valence-corrected chi connectivity index (χ0v) is 5.96. The van der Waals surface area contributed by atoms with Crippen molar-refractivity contribution < 1.29 is 5.11 Å². The Balaban J connectivity index is 2.82. The molecule has 0 heterocycles. The van der Waals surface area contributed by atoms with E-state index in [1.807, 2.05) is 6.92 Å². The molecule has 0 aliphatic heterocycles. The summed E-state index contributed by atoms with van der Waals surface area (Å²) in [7, 11) is 0.